The van der Waals surface area contributed by atoms with Gasteiger partial charge in [0, 0.05) is 5.56 Å². The van der Waals surface area contributed by atoms with E-state index < -0.39 is 29.7 Å². The van der Waals surface area contributed by atoms with Crippen LogP contribution in [0.4, 0.5) is 0 Å². The van der Waals surface area contributed by atoms with Gasteiger partial charge in [-0.3, -0.25) is 9.59 Å². The summed E-state index contributed by atoms with van der Waals surface area (Å²) in [5.74, 6) is -4.57. The lowest BCUT2D eigenvalue weighted by Crippen LogP contribution is -2.48. The highest BCUT2D eigenvalue weighted by Gasteiger charge is 2.46. The Labute approximate surface area is 102 Å². The molecule has 96 valence electrons. The van der Waals surface area contributed by atoms with Crippen LogP contribution in [0.3, 0.4) is 0 Å². The molecule has 3 N–H and O–H groups in total. The number of aliphatic carboxylic acids is 2. The van der Waals surface area contributed by atoms with Gasteiger partial charge in [-0.2, -0.15) is 0 Å². The highest BCUT2D eigenvalue weighted by Crippen LogP contribution is 2.20. The second-order valence-corrected chi connectivity index (χ2v) is 3.88. The maximum atomic E-state index is 12.0. The number of aliphatic hydroxyl groups is 1. The van der Waals surface area contributed by atoms with Crippen LogP contribution < -0.4 is 0 Å². The van der Waals surface area contributed by atoms with Crippen LogP contribution in [-0.2, 0) is 9.59 Å². The minimum Gasteiger partial charge on any atom is -0.481 e. The van der Waals surface area contributed by atoms with E-state index in [-0.39, 0.29) is 5.56 Å². The Balaban J connectivity index is 3.24. The van der Waals surface area contributed by atoms with Crippen molar-refractivity contribution in [1.29, 1.82) is 0 Å². The van der Waals surface area contributed by atoms with Crippen LogP contribution in [-0.4, -0.2) is 38.6 Å². The molecule has 0 aromatic heterocycles. The first kappa shape index (κ1) is 13.9. The second-order valence-electron chi connectivity index (χ2n) is 3.88. The Kier molecular flexibility index (Phi) is 3.82. The molecule has 0 aliphatic heterocycles. The SMILES string of the molecule is Cc1ccccc1C(=O)C(O)(CC(=O)O)C(=O)O. The van der Waals surface area contributed by atoms with E-state index in [4.69, 9.17) is 10.2 Å². The molecule has 0 aliphatic rings. The Hall–Kier alpha value is -2.21. The molecule has 0 radical (unpaired) electrons. The summed E-state index contributed by atoms with van der Waals surface area (Å²) in [7, 11) is 0. The molecule has 0 heterocycles. The summed E-state index contributed by atoms with van der Waals surface area (Å²) in [6, 6.07) is 6.05. The van der Waals surface area contributed by atoms with Crippen molar-refractivity contribution in [3.63, 3.8) is 0 Å². The fourth-order valence-electron chi connectivity index (χ4n) is 1.52. The molecule has 0 spiro atoms. The third-order valence-corrected chi connectivity index (χ3v) is 2.53. The molecule has 1 aromatic carbocycles. The first-order chi connectivity index (χ1) is 8.29. The molecule has 0 saturated carbocycles. The second kappa shape index (κ2) is 4.97. The standard InChI is InChI=1S/C12H12O6/c1-7-4-2-3-5-8(7)10(15)12(18,11(16)17)6-9(13)14/h2-5,18H,6H2,1H3,(H,13,14)(H,16,17). The predicted octanol–water partition coefficient (Wildman–Crippen LogP) is 0.468. The third kappa shape index (κ3) is 2.54. The molecule has 6 heteroatoms. The van der Waals surface area contributed by atoms with E-state index in [2.05, 4.69) is 0 Å². The molecular weight excluding hydrogens is 240 g/mol. The van der Waals surface area contributed by atoms with Gasteiger partial charge in [0.15, 0.2) is 0 Å². The molecule has 0 bridgehead atoms. The monoisotopic (exact) mass is 252 g/mol. The van der Waals surface area contributed by atoms with Gasteiger partial charge in [-0.1, -0.05) is 24.3 Å². The van der Waals surface area contributed by atoms with Gasteiger partial charge < -0.3 is 15.3 Å². The number of carbonyl (C=O) groups is 3. The van der Waals surface area contributed by atoms with Crippen molar-refractivity contribution >= 4 is 17.7 Å². The quantitative estimate of drug-likeness (QED) is 0.518. The average molecular weight is 252 g/mol. The number of aryl methyl sites for hydroxylation is 1. The van der Waals surface area contributed by atoms with Crippen molar-refractivity contribution in [2.24, 2.45) is 0 Å². The Morgan fingerprint density at radius 1 is 1.17 bits per heavy atom. The zero-order valence-corrected chi connectivity index (χ0v) is 9.58. The first-order valence-corrected chi connectivity index (χ1v) is 5.07. The molecule has 0 fully saturated rings. The lowest BCUT2D eigenvalue weighted by molar-refractivity contribution is -0.159. The van der Waals surface area contributed by atoms with Crippen LogP contribution in [0.2, 0.25) is 0 Å². The highest BCUT2D eigenvalue weighted by atomic mass is 16.4. The van der Waals surface area contributed by atoms with E-state index in [1.54, 1.807) is 19.1 Å². The van der Waals surface area contributed by atoms with Gasteiger partial charge in [0.25, 0.3) is 0 Å². The molecule has 6 nitrogen and oxygen atoms in total. The summed E-state index contributed by atoms with van der Waals surface area (Å²) in [5, 5.41) is 27.2. The van der Waals surface area contributed by atoms with E-state index in [9.17, 15) is 19.5 Å². The molecule has 18 heavy (non-hydrogen) atoms. The van der Waals surface area contributed by atoms with Gasteiger partial charge >= 0.3 is 11.9 Å². The summed E-state index contributed by atoms with van der Waals surface area (Å²) >= 11 is 0. The van der Waals surface area contributed by atoms with Crippen molar-refractivity contribution in [3.05, 3.63) is 35.4 Å². The van der Waals surface area contributed by atoms with E-state index >= 15 is 0 Å². The lowest BCUT2D eigenvalue weighted by Gasteiger charge is -2.20. The maximum absolute atomic E-state index is 12.0. The summed E-state index contributed by atoms with van der Waals surface area (Å²) in [4.78, 5) is 33.5. The number of rotatable bonds is 5. The zero-order valence-electron chi connectivity index (χ0n) is 9.58. The normalized spacial score (nSPS) is 13.7. The van der Waals surface area contributed by atoms with Crippen LogP contribution in [0, 0.1) is 6.92 Å². The predicted molar refractivity (Wildman–Crippen MR) is 60.3 cm³/mol. The van der Waals surface area contributed by atoms with E-state index in [1.165, 1.54) is 12.1 Å². The molecule has 0 amide bonds. The number of ketones is 1. The van der Waals surface area contributed by atoms with Gasteiger partial charge in [0.05, 0.1) is 6.42 Å². The highest BCUT2D eigenvalue weighted by molar-refractivity contribution is 6.16. The maximum Gasteiger partial charge on any atom is 0.344 e. The molecule has 1 rings (SSSR count). The number of hydrogen-bond donors (Lipinski definition) is 3. The smallest absolute Gasteiger partial charge is 0.344 e. The topological polar surface area (TPSA) is 112 Å². The van der Waals surface area contributed by atoms with Crippen LogP contribution in [0.25, 0.3) is 0 Å². The minimum atomic E-state index is -2.95. The summed E-state index contributed by atoms with van der Waals surface area (Å²) < 4.78 is 0. The minimum absolute atomic E-state index is 0.0105. The van der Waals surface area contributed by atoms with Crippen molar-refractivity contribution < 1.29 is 29.7 Å². The van der Waals surface area contributed by atoms with Gasteiger partial charge in [0.2, 0.25) is 11.4 Å². The van der Waals surface area contributed by atoms with Crippen molar-refractivity contribution in [1.82, 2.24) is 0 Å². The summed E-state index contributed by atoms with van der Waals surface area (Å²) in [6.07, 6.45) is -1.19. The molecule has 1 atom stereocenters. The van der Waals surface area contributed by atoms with Crippen molar-refractivity contribution in [2.45, 2.75) is 18.9 Å². The fourth-order valence-corrected chi connectivity index (χ4v) is 1.52. The number of Topliss-reactive ketones (excluding diaryl/α,β-unsaturated/α-hetero) is 1. The molecule has 0 aliphatic carbocycles. The Morgan fingerprint density at radius 2 is 1.72 bits per heavy atom. The average Bonchev–Trinajstić information content (AvgIpc) is 2.27. The van der Waals surface area contributed by atoms with E-state index in [1.807, 2.05) is 0 Å². The van der Waals surface area contributed by atoms with Crippen LogP contribution >= 0.6 is 0 Å². The fraction of sp³-hybridized carbons (Fsp3) is 0.250. The van der Waals surface area contributed by atoms with Gasteiger partial charge in [-0.15, -0.1) is 0 Å². The zero-order chi connectivity index (χ0) is 13.9. The Morgan fingerprint density at radius 3 is 2.17 bits per heavy atom. The molecule has 1 unspecified atom stereocenters. The number of carbonyl (C=O) groups excluding carboxylic acids is 1. The van der Waals surface area contributed by atoms with Gasteiger partial charge in [-0.05, 0) is 12.5 Å². The van der Waals surface area contributed by atoms with E-state index in [0.29, 0.717) is 5.56 Å². The van der Waals surface area contributed by atoms with Gasteiger partial charge in [-0.25, -0.2) is 4.79 Å². The van der Waals surface area contributed by atoms with Crippen molar-refractivity contribution in [3.8, 4) is 0 Å². The number of hydrogen-bond acceptors (Lipinski definition) is 4. The number of carboxylic acid groups (broad SMARTS) is 2. The first-order valence-electron chi connectivity index (χ1n) is 5.07. The Bertz CT molecular complexity index is 507. The number of carboxylic acids is 2. The van der Waals surface area contributed by atoms with Crippen LogP contribution in [0.5, 0.6) is 0 Å². The van der Waals surface area contributed by atoms with Crippen LogP contribution in [0.15, 0.2) is 24.3 Å². The van der Waals surface area contributed by atoms with Crippen LogP contribution in [0.1, 0.15) is 22.3 Å². The number of benzene rings is 1. The molecule has 0 saturated heterocycles. The van der Waals surface area contributed by atoms with Crippen molar-refractivity contribution in [2.75, 3.05) is 0 Å². The van der Waals surface area contributed by atoms with Gasteiger partial charge in [0.1, 0.15) is 0 Å². The van der Waals surface area contributed by atoms with E-state index in [0.717, 1.165) is 0 Å². The summed E-state index contributed by atoms with van der Waals surface area (Å²) in [6.45, 7) is 1.57. The third-order valence-electron chi connectivity index (χ3n) is 2.53. The molecular formula is C12H12O6. The summed E-state index contributed by atoms with van der Waals surface area (Å²) in [5.41, 5.74) is -2.49. The molecule has 1 aromatic rings. The lowest BCUT2D eigenvalue weighted by atomic mass is 9.88. The largest absolute Gasteiger partial charge is 0.481 e.